The van der Waals surface area contributed by atoms with Gasteiger partial charge in [0.2, 0.25) is 11.8 Å². The van der Waals surface area contributed by atoms with E-state index in [9.17, 15) is 67.8 Å². The minimum Gasteiger partial charge on any atom is -0.790 e. The molecule has 0 saturated carbocycles. The molecule has 1 fully saturated rings. The molecule has 35 heteroatoms. The number of thioether (sulfide) groups is 1. The summed E-state index contributed by atoms with van der Waals surface area (Å²) in [6.07, 6.45) is -6.04. The number of ether oxygens (including phenoxy) is 1. The third-order valence-electron chi connectivity index (χ3n) is 8.00. The number of hydrogen-bond donors (Lipinski definition) is 5. The molecule has 7 atom stereocenters. The molecule has 7 unspecified atom stereocenters. The van der Waals surface area contributed by atoms with Gasteiger partial charge in [-0.3, -0.25) is 28.1 Å². The van der Waals surface area contributed by atoms with Gasteiger partial charge in [-0.1, -0.05) is 32.0 Å². The van der Waals surface area contributed by atoms with Crippen LogP contribution in [0.25, 0.3) is 11.2 Å². The molecule has 0 aromatic carbocycles. The summed E-state index contributed by atoms with van der Waals surface area (Å²) in [5, 5.41) is 36.4. The monoisotopic (exact) mass is 939 g/mol. The van der Waals surface area contributed by atoms with Crippen LogP contribution in [0.15, 0.2) is 12.7 Å². The number of hydrogen-bond acceptors (Lipinski definition) is 24. The number of anilines is 1. The zero-order valence-electron chi connectivity index (χ0n) is 35.8. The predicted molar refractivity (Wildman–Crippen MR) is 186 cm³/mol. The quantitative estimate of drug-likeness (QED) is 0.0350. The normalized spacial score (nSPS) is 19.6. The molecule has 0 aliphatic carbocycles. The van der Waals surface area contributed by atoms with E-state index in [-0.39, 0.29) is 155 Å². The fourth-order valence-corrected chi connectivity index (χ4v) is 8.52. The summed E-state index contributed by atoms with van der Waals surface area (Å²) in [4.78, 5) is 106. The maximum Gasteiger partial charge on any atom is 1.00 e. The first-order chi connectivity index (χ1) is 26.9. The topological polar surface area (TPSA) is 415 Å². The summed E-state index contributed by atoms with van der Waals surface area (Å²) < 4.78 is 60.4. The number of carboxylic acid groups (broad SMARTS) is 1. The average Bonchev–Trinajstić information content (AvgIpc) is 3.67. The van der Waals surface area contributed by atoms with Crippen molar-refractivity contribution < 1.29 is 185 Å². The fraction of sp³-hybridized carbons (Fsp3) is 0.679. The number of amides is 2. The van der Waals surface area contributed by atoms with E-state index in [0.717, 1.165) is 29.0 Å². The van der Waals surface area contributed by atoms with Crippen LogP contribution in [0.1, 0.15) is 58.6 Å². The van der Waals surface area contributed by atoms with Crippen molar-refractivity contribution in [3.05, 3.63) is 12.7 Å². The summed E-state index contributed by atoms with van der Waals surface area (Å²) in [6.45, 7) is -0.0666. The van der Waals surface area contributed by atoms with Gasteiger partial charge in [0.15, 0.2) is 22.8 Å². The molecule has 0 radical (unpaired) electrons. The smallest absolute Gasteiger partial charge is 0.790 e. The van der Waals surface area contributed by atoms with Gasteiger partial charge < -0.3 is 78.9 Å². The number of aliphatic carboxylic acids is 1. The summed E-state index contributed by atoms with van der Waals surface area (Å²) in [7, 11) is -17.6. The van der Waals surface area contributed by atoms with Crippen LogP contribution in [0.4, 0.5) is 5.82 Å². The Balaban J connectivity index is -0.00000720. The van der Waals surface area contributed by atoms with Crippen LogP contribution in [0.2, 0.25) is 0 Å². The van der Waals surface area contributed by atoms with Crippen molar-refractivity contribution in [2.75, 3.05) is 37.8 Å². The number of phosphoric acid groups is 3. The number of nitrogen functional groups attached to an aromatic ring is 1. The number of aliphatic hydroxyl groups is 2. The number of rotatable bonds is 25. The second-order valence-corrected chi connectivity index (χ2v) is 18.4. The minimum absolute atomic E-state index is 0. The second kappa shape index (κ2) is 30.5. The summed E-state index contributed by atoms with van der Waals surface area (Å²) in [6, 6.07) is 0. The van der Waals surface area contributed by atoms with Gasteiger partial charge in [0, 0.05) is 43.1 Å². The largest absolute Gasteiger partial charge is 1.00 e. The number of nitrogens with two attached hydrogens (primary N) is 1. The number of nitrogens with one attached hydrogen (secondary N) is 2. The molecule has 0 bridgehead atoms. The Labute approximate surface area is 425 Å². The van der Waals surface area contributed by atoms with Gasteiger partial charge in [0.1, 0.15) is 36.3 Å². The average molecular weight is 939 g/mol. The van der Waals surface area contributed by atoms with E-state index < -0.39 is 90.5 Å². The summed E-state index contributed by atoms with van der Waals surface area (Å²) in [5.74, 6) is -2.51. The Morgan fingerprint density at radius 1 is 0.937 bits per heavy atom. The Morgan fingerprint density at radius 2 is 1.56 bits per heavy atom. The molecule has 2 aromatic rings. The number of fused-ring (bicyclic) bond motifs is 1. The van der Waals surface area contributed by atoms with E-state index in [4.69, 9.17) is 10.5 Å². The number of aliphatic hydroxyl groups excluding tert-OH is 2. The molecule has 63 heavy (non-hydrogen) atoms. The maximum absolute atomic E-state index is 12.5. The molecule has 2 aromatic heterocycles. The molecule has 0 spiro atoms. The molecule has 2 amide bonds. The first-order valence-corrected chi connectivity index (χ1v) is 22.5. The molecule has 1 aliphatic rings. The van der Waals surface area contributed by atoms with E-state index >= 15 is 0 Å². The van der Waals surface area contributed by atoms with E-state index in [1.807, 2.05) is 0 Å². The van der Waals surface area contributed by atoms with Crippen LogP contribution >= 0.6 is 35.2 Å². The first-order valence-electron chi connectivity index (χ1n) is 17.1. The number of carbonyl (C=O) groups is 4. The number of aromatic nitrogens is 4. The molecular weight excluding hydrogens is 898 g/mol. The fourth-order valence-electron chi connectivity index (χ4n) is 5.06. The molecule has 6 N–H and O–H groups in total. The van der Waals surface area contributed by atoms with Gasteiger partial charge in [-0.15, -0.1) is 0 Å². The van der Waals surface area contributed by atoms with Gasteiger partial charge in [-0.25, -0.2) is 19.3 Å². The molecular formula is C28H41Li5N7O19P3S. The van der Waals surface area contributed by atoms with Gasteiger partial charge in [0.05, 0.1) is 27.4 Å². The summed E-state index contributed by atoms with van der Waals surface area (Å²) in [5.41, 5.74) is 4.02. The number of carboxylic acids is 1. The van der Waals surface area contributed by atoms with Crippen molar-refractivity contribution in [3.63, 3.8) is 0 Å². The van der Waals surface area contributed by atoms with Crippen LogP contribution in [0.3, 0.4) is 0 Å². The van der Waals surface area contributed by atoms with Gasteiger partial charge in [0.25, 0.3) is 15.6 Å². The number of nitrogens with zero attached hydrogens (tertiary/aromatic N) is 4. The van der Waals surface area contributed by atoms with E-state index in [1.54, 1.807) is 0 Å². The molecule has 328 valence electrons. The van der Waals surface area contributed by atoms with Crippen molar-refractivity contribution in [2.24, 2.45) is 5.41 Å². The summed E-state index contributed by atoms with van der Waals surface area (Å²) >= 11 is 0.994. The van der Waals surface area contributed by atoms with Crippen molar-refractivity contribution >= 4 is 75.1 Å². The molecule has 1 aliphatic heterocycles. The predicted octanol–water partition coefficient (Wildman–Crippen LogP) is -19.1. The van der Waals surface area contributed by atoms with Crippen LogP contribution in [-0.4, -0.2) is 109 Å². The maximum atomic E-state index is 12.5. The number of unbranched alkanes of at least 4 members (excludes halogenated alkanes) is 2. The van der Waals surface area contributed by atoms with E-state index in [0.29, 0.717) is 19.3 Å². The number of phosphoric ester groups is 3. The third-order valence-corrected chi connectivity index (χ3v) is 11.9. The zero-order valence-corrected chi connectivity index (χ0v) is 39.3. The van der Waals surface area contributed by atoms with Crippen molar-refractivity contribution in [2.45, 2.75) is 83.0 Å². The van der Waals surface area contributed by atoms with Crippen LogP contribution in [0, 0.1) is 5.41 Å². The molecule has 3 rings (SSSR count). The Bertz CT molecular complexity index is 1930. The second-order valence-electron chi connectivity index (χ2n) is 13.1. The van der Waals surface area contributed by atoms with Crippen molar-refractivity contribution in [1.29, 1.82) is 0 Å². The Hall–Kier alpha value is 0.0170. The van der Waals surface area contributed by atoms with Gasteiger partial charge >= 0.3 is 94.3 Å². The van der Waals surface area contributed by atoms with Crippen LogP contribution in [0.5, 0.6) is 0 Å². The standard InChI is InChI=1S/C28H46N7O19P3S.5Li/c1-28(2,23(41)26(42)31-9-8-17(36)30-10-11-58-19(39)7-5-3-4-6-18(37)38)13-51-57(48,49)54-56(46,47)50-12-16-22(53-55(43,44)45)21(40)27(52-16)35-15-34-20-24(29)32-14-33-25(20)35;;;;;/h14-16,21-23,27,40-41H,3-13H2,1-2H3,(H,30,36)(H,31,42)(H,37,38)(H,46,47)(H,48,49)(H2,29,32,33)(H2,43,44,45);;;;;/q;5*+1/p-5. The zero-order chi connectivity index (χ0) is 43.5. The Morgan fingerprint density at radius 3 is 2.17 bits per heavy atom. The van der Waals surface area contributed by atoms with Crippen molar-refractivity contribution in [1.82, 2.24) is 30.2 Å². The van der Waals surface area contributed by atoms with Gasteiger partial charge in [-0.2, -0.15) is 0 Å². The SMILES string of the molecule is CC(C)(COP(=O)([O-])OP(=O)([O-])OCC1OC(n2cnc3c(N)ncnc32)C(O)C1OP(=O)([O-])[O-])C(O)C(=O)NCCC(=O)NCCSC(=O)CCCCCC(=O)[O-].[Li+].[Li+].[Li+].[Li+].[Li+]. The number of imidazole rings is 1. The van der Waals surface area contributed by atoms with E-state index in [2.05, 4.69) is 43.5 Å². The van der Waals surface area contributed by atoms with Crippen LogP contribution < -0.4 is 135 Å². The molecule has 26 nitrogen and oxygen atoms in total. The van der Waals surface area contributed by atoms with Crippen molar-refractivity contribution in [3.8, 4) is 0 Å². The minimum atomic E-state index is -5.93. The van der Waals surface area contributed by atoms with Crippen LogP contribution in [-0.2, 0) is 55.5 Å². The van der Waals surface area contributed by atoms with Gasteiger partial charge in [-0.05, 0) is 19.3 Å². The first kappa shape index (κ1) is 67.3. The Kier molecular flexibility index (Phi) is 32.6. The van der Waals surface area contributed by atoms with E-state index in [1.165, 1.54) is 13.8 Å². The molecule has 3 heterocycles. The molecule has 1 saturated heterocycles. The number of carbonyl (C=O) groups excluding carboxylic acids is 4. The third kappa shape index (κ3) is 23.3.